The highest BCUT2D eigenvalue weighted by molar-refractivity contribution is 6.02. The van der Waals surface area contributed by atoms with Crippen LogP contribution in [0.15, 0.2) is 72.8 Å². The number of nitrogens with two attached hydrogens (primary N) is 1. The van der Waals surface area contributed by atoms with Gasteiger partial charge in [0.15, 0.2) is 5.69 Å². The molecule has 0 saturated heterocycles. The lowest BCUT2D eigenvalue weighted by atomic mass is 9.94. The van der Waals surface area contributed by atoms with Crippen LogP contribution in [0.3, 0.4) is 0 Å². The van der Waals surface area contributed by atoms with Crippen molar-refractivity contribution in [3.8, 4) is 11.1 Å². The molecule has 0 heterocycles. The average molecular weight is 525 g/mol. The molecule has 0 unspecified atom stereocenters. The Hall–Kier alpha value is -3.95. The van der Waals surface area contributed by atoms with Gasteiger partial charge in [-0.1, -0.05) is 87.7 Å². The molecule has 3 N–H and O–H groups in total. The van der Waals surface area contributed by atoms with Crippen LogP contribution in [0.1, 0.15) is 72.2 Å². The third-order valence-electron chi connectivity index (χ3n) is 6.99. The van der Waals surface area contributed by atoms with E-state index in [2.05, 4.69) is 24.0 Å². The van der Waals surface area contributed by atoms with Crippen LogP contribution in [0.2, 0.25) is 0 Å². The molecule has 0 spiro atoms. The summed E-state index contributed by atoms with van der Waals surface area (Å²) >= 11 is 0. The van der Waals surface area contributed by atoms with Gasteiger partial charge in [-0.15, -0.1) is 0 Å². The second-order valence-corrected chi connectivity index (χ2v) is 10.1. The van der Waals surface area contributed by atoms with Gasteiger partial charge < -0.3 is 16.0 Å². The minimum absolute atomic E-state index is 0.153. The summed E-state index contributed by atoms with van der Waals surface area (Å²) < 4.78 is 0. The molecule has 39 heavy (non-hydrogen) atoms. The number of hydrogen-bond donors (Lipinski definition) is 2. The zero-order valence-corrected chi connectivity index (χ0v) is 23.3. The van der Waals surface area contributed by atoms with Crippen molar-refractivity contribution < 1.29 is 9.59 Å². The molecule has 0 fully saturated rings. The molecule has 0 aromatic heterocycles. The van der Waals surface area contributed by atoms with Gasteiger partial charge in [0.1, 0.15) is 0 Å². The molecule has 2 atom stereocenters. The van der Waals surface area contributed by atoms with Crippen molar-refractivity contribution in [1.29, 1.82) is 0 Å². The Balaban J connectivity index is 2.00. The number of nitrogens with zero attached hydrogens (tertiary/aromatic N) is 2. The minimum atomic E-state index is -0.282. The lowest BCUT2D eigenvalue weighted by Gasteiger charge is -2.26. The summed E-state index contributed by atoms with van der Waals surface area (Å²) in [5.74, 6) is -0.435. The summed E-state index contributed by atoms with van der Waals surface area (Å²) in [6.45, 7) is 12.5. The molecule has 0 radical (unpaired) electrons. The van der Waals surface area contributed by atoms with Crippen LogP contribution in [-0.2, 0) is 6.42 Å². The summed E-state index contributed by atoms with van der Waals surface area (Å²) in [5.41, 5.74) is 10.3. The van der Waals surface area contributed by atoms with Crippen LogP contribution < -0.4 is 11.1 Å². The van der Waals surface area contributed by atoms with Crippen LogP contribution in [0.25, 0.3) is 16.0 Å². The number of carbonyl (C=O) groups is 2. The van der Waals surface area contributed by atoms with Gasteiger partial charge in [0.25, 0.3) is 11.8 Å². The summed E-state index contributed by atoms with van der Waals surface area (Å²) in [6, 6.07) is 22.0. The molecule has 3 rings (SSSR count). The molecule has 3 aromatic carbocycles. The van der Waals surface area contributed by atoms with E-state index in [-0.39, 0.29) is 23.9 Å². The molecule has 2 amide bonds. The first-order chi connectivity index (χ1) is 18.9. The fraction of sp³-hybridized carbons (Fsp3) is 0.364. The van der Waals surface area contributed by atoms with E-state index in [1.165, 1.54) is 0 Å². The quantitative estimate of drug-likeness (QED) is 0.246. The van der Waals surface area contributed by atoms with E-state index in [0.29, 0.717) is 40.9 Å². The lowest BCUT2D eigenvalue weighted by molar-refractivity contribution is 0.0793. The lowest BCUT2D eigenvalue weighted by Crippen LogP contribution is -2.49. The van der Waals surface area contributed by atoms with Gasteiger partial charge in [0.05, 0.1) is 6.57 Å². The number of unbranched alkanes of at least 4 members (excludes halogenated alkanes) is 2. The van der Waals surface area contributed by atoms with Crippen LogP contribution in [0.5, 0.6) is 0 Å². The van der Waals surface area contributed by atoms with Gasteiger partial charge in [-0.3, -0.25) is 9.59 Å². The second-order valence-electron chi connectivity index (χ2n) is 10.1. The van der Waals surface area contributed by atoms with Gasteiger partial charge in [-0.05, 0) is 54.2 Å². The molecule has 204 valence electrons. The Labute approximate surface area is 233 Å². The number of para-hydroxylation sites is 1. The third kappa shape index (κ3) is 8.27. The smallest absolute Gasteiger partial charge is 0.253 e. The number of amides is 2. The SMILES string of the molecule is [C-]#[N+]c1ccccc1-c1cc(C(=O)N[C@@H](Cc2ccccc2)[C@H](N)CCCC)cc(C(=O)N(C)CCCC)c1. The summed E-state index contributed by atoms with van der Waals surface area (Å²) in [4.78, 5) is 32.4. The topological polar surface area (TPSA) is 79.8 Å². The summed E-state index contributed by atoms with van der Waals surface area (Å²) in [5, 5.41) is 3.18. The van der Waals surface area contributed by atoms with Crippen molar-refractivity contribution >= 4 is 17.5 Å². The van der Waals surface area contributed by atoms with Crippen molar-refractivity contribution in [2.75, 3.05) is 13.6 Å². The molecule has 6 heteroatoms. The van der Waals surface area contributed by atoms with E-state index in [9.17, 15) is 9.59 Å². The molecule has 0 aliphatic rings. The largest absolute Gasteiger partial charge is 0.347 e. The van der Waals surface area contributed by atoms with Gasteiger partial charge in [0, 0.05) is 36.8 Å². The highest BCUT2D eigenvalue weighted by atomic mass is 16.2. The first-order valence-electron chi connectivity index (χ1n) is 13.9. The van der Waals surface area contributed by atoms with Crippen molar-refractivity contribution in [2.24, 2.45) is 5.73 Å². The molecule has 6 nitrogen and oxygen atoms in total. The van der Waals surface area contributed by atoms with Crippen LogP contribution in [0.4, 0.5) is 5.69 Å². The van der Waals surface area contributed by atoms with E-state index in [4.69, 9.17) is 12.3 Å². The van der Waals surface area contributed by atoms with Gasteiger partial charge in [-0.25, -0.2) is 4.85 Å². The van der Waals surface area contributed by atoms with Crippen LogP contribution in [0, 0.1) is 6.57 Å². The van der Waals surface area contributed by atoms with E-state index in [1.807, 2.05) is 48.5 Å². The number of benzene rings is 3. The first kappa shape index (κ1) is 29.6. The Morgan fingerprint density at radius 3 is 2.31 bits per heavy atom. The van der Waals surface area contributed by atoms with Crippen molar-refractivity contribution in [2.45, 2.75) is 64.5 Å². The zero-order valence-electron chi connectivity index (χ0n) is 23.3. The standard InChI is InChI=1S/C33H40N4O2/c1-5-7-17-29(34)31(20-24-14-10-9-11-15-24)36-32(38)26-21-25(28-16-12-13-18-30(28)35-3)22-27(23-26)33(39)37(4)19-8-6-2/h9-16,18,21-23,29,31H,5-8,17,19-20,34H2,1-2,4H3,(H,36,38)/t29-,31+/m1/s1. The first-order valence-corrected chi connectivity index (χ1v) is 13.9. The Bertz CT molecular complexity index is 1280. The van der Waals surface area contributed by atoms with Crippen molar-refractivity contribution in [1.82, 2.24) is 10.2 Å². The third-order valence-corrected chi connectivity index (χ3v) is 6.99. The fourth-order valence-corrected chi connectivity index (χ4v) is 4.64. The molecule has 0 aliphatic heterocycles. The maximum atomic E-state index is 13.7. The number of hydrogen-bond acceptors (Lipinski definition) is 3. The summed E-state index contributed by atoms with van der Waals surface area (Å²) in [7, 11) is 1.78. The molecule has 0 bridgehead atoms. The maximum Gasteiger partial charge on any atom is 0.253 e. The second kappa shape index (κ2) is 14.8. The van der Waals surface area contributed by atoms with E-state index < -0.39 is 0 Å². The molecule has 0 aliphatic carbocycles. The van der Waals surface area contributed by atoms with Gasteiger partial charge in [0.2, 0.25) is 0 Å². The van der Waals surface area contributed by atoms with Gasteiger partial charge >= 0.3 is 0 Å². The monoisotopic (exact) mass is 524 g/mol. The highest BCUT2D eigenvalue weighted by Gasteiger charge is 2.23. The van der Waals surface area contributed by atoms with E-state index in [0.717, 1.165) is 37.7 Å². The van der Waals surface area contributed by atoms with Crippen LogP contribution >= 0.6 is 0 Å². The molecule has 3 aromatic rings. The predicted molar refractivity (Wildman–Crippen MR) is 159 cm³/mol. The highest BCUT2D eigenvalue weighted by Crippen LogP contribution is 2.32. The molecular weight excluding hydrogens is 484 g/mol. The van der Waals surface area contributed by atoms with Crippen LogP contribution in [-0.4, -0.2) is 42.4 Å². The molecular formula is C33H40N4O2. The summed E-state index contributed by atoms with van der Waals surface area (Å²) in [6.07, 6.45) is 5.30. The maximum absolute atomic E-state index is 13.7. The Kier molecular flexibility index (Phi) is 11.3. The Morgan fingerprint density at radius 2 is 1.62 bits per heavy atom. The number of rotatable bonds is 13. The van der Waals surface area contributed by atoms with Crippen molar-refractivity contribution in [3.05, 3.63) is 101 Å². The normalized spacial score (nSPS) is 12.3. The fourth-order valence-electron chi connectivity index (χ4n) is 4.64. The number of nitrogens with one attached hydrogen (secondary N) is 1. The van der Waals surface area contributed by atoms with Crippen molar-refractivity contribution in [3.63, 3.8) is 0 Å². The van der Waals surface area contributed by atoms with Gasteiger partial charge in [-0.2, -0.15) is 0 Å². The van der Waals surface area contributed by atoms with E-state index in [1.54, 1.807) is 36.2 Å². The van der Waals surface area contributed by atoms with E-state index >= 15 is 0 Å². The zero-order chi connectivity index (χ0) is 28.2. The Morgan fingerprint density at radius 1 is 0.949 bits per heavy atom. The number of carbonyl (C=O) groups excluding carboxylic acids is 2. The minimum Gasteiger partial charge on any atom is -0.347 e. The molecule has 0 saturated carbocycles. The average Bonchev–Trinajstić information content (AvgIpc) is 2.97. The predicted octanol–water partition coefficient (Wildman–Crippen LogP) is 6.64.